The minimum atomic E-state index is -0.652. The SMILES string of the molecule is COC(=O)C1=C(C(=O)OC)N(c2cccc(-c3nn(C)cc3Br)c2)C=CC=C1. The summed E-state index contributed by atoms with van der Waals surface area (Å²) in [6.45, 7) is 0. The first-order valence-electron chi connectivity index (χ1n) is 8.31. The second-order valence-electron chi connectivity index (χ2n) is 5.87. The predicted molar refractivity (Wildman–Crippen MR) is 108 cm³/mol. The summed E-state index contributed by atoms with van der Waals surface area (Å²) in [6, 6.07) is 7.47. The molecule has 1 aromatic heterocycles. The Morgan fingerprint density at radius 3 is 2.50 bits per heavy atom. The van der Waals surface area contributed by atoms with E-state index < -0.39 is 11.9 Å². The van der Waals surface area contributed by atoms with Crippen molar-refractivity contribution in [2.45, 2.75) is 0 Å². The first-order chi connectivity index (χ1) is 13.5. The number of halogens is 1. The van der Waals surface area contributed by atoms with Crippen LogP contribution in [0.25, 0.3) is 11.3 Å². The number of hydrogen-bond acceptors (Lipinski definition) is 6. The molecule has 0 saturated heterocycles. The molecule has 0 radical (unpaired) electrons. The van der Waals surface area contributed by atoms with Crippen LogP contribution in [0.5, 0.6) is 0 Å². The van der Waals surface area contributed by atoms with Gasteiger partial charge in [0.1, 0.15) is 11.4 Å². The first-order valence-corrected chi connectivity index (χ1v) is 9.10. The molecule has 8 heteroatoms. The Labute approximate surface area is 170 Å². The number of nitrogens with zero attached hydrogens (tertiary/aromatic N) is 3. The number of anilines is 1. The number of carbonyl (C=O) groups excluding carboxylic acids is 2. The van der Waals surface area contributed by atoms with Crippen LogP contribution >= 0.6 is 15.9 Å². The lowest BCUT2D eigenvalue weighted by Crippen LogP contribution is -2.26. The molecule has 0 aliphatic carbocycles. The second-order valence-corrected chi connectivity index (χ2v) is 6.72. The lowest BCUT2D eigenvalue weighted by molar-refractivity contribution is -0.139. The number of benzene rings is 1. The van der Waals surface area contributed by atoms with Crippen molar-refractivity contribution in [3.05, 3.63) is 70.6 Å². The second kappa shape index (κ2) is 8.26. The summed E-state index contributed by atoms with van der Waals surface area (Å²) >= 11 is 3.51. The van der Waals surface area contributed by atoms with Crippen molar-refractivity contribution in [1.29, 1.82) is 0 Å². The van der Waals surface area contributed by atoms with Gasteiger partial charge in [-0.05, 0) is 40.2 Å². The van der Waals surface area contributed by atoms with E-state index in [2.05, 4.69) is 21.0 Å². The molecule has 0 unspecified atom stereocenters. The number of aromatic nitrogens is 2. The molecule has 0 N–H and O–H groups in total. The zero-order valence-electron chi connectivity index (χ0n) is 15.5. The Balaban J connectivity index is 2.15. The molecule has 0 amide bonds. The van der Waals surface area contributed by atoms with E-state index in [0.717, 1.165) is 15.7 Å². The first kappa shape index (κ1) is 19.6. The average Bonchev–Trinajstić information content (AvgIpc) is 2.91. The van der Waals surface area contributed by atoms with Crippen molar-refractivity contribution in [1.82, 2.24) is 9.78 Å². The maximum Gasteiger partial charge on any atom is 0.355 e. The number of methoxy groups -OCH3 is 2. The van der Waals surface area contributed by atoms with Crippen LogP contribution < -0.4 is 4.90 Å². The minimum absolute atomic E-state index is 0.0663. The van der Waals surface area contributed by atoms with Crippen molar-refractivity contribution >= 4 is 33.6 Å². The molecule has 0 fully saturated rings. The van der Waals surface area contributed by atoms with Crippen molar-refractivity contribution < 1.29 is 19.1 Å². The fourth-order valence-electron chi connectivity index (χ4n) is 2.82. The van der Waals surface area contributed by atoms with Crippen molar-refractivity contribution in [2.75, 3.05) is 19.1 Å². The van der Waals surface area contributed by atoms with Crippen LogP contribution in [0.3, 0.4) is 0 Å². The molecule has 2 heterocycles. The standard InChI is InChI=1S/C20H18BrN3O4/c1-23-12-16(21)17(22-23)13-7-6-8-14(11-13)24-10-5-4-9-15(19(25)27-2)18(24)20(26)28-3/h4-12H,1-3H3. The van der Waals surface area contributed by atoms with E-state index in [4.69, 9.17) is 9.47 Å². The Morgan fingerprint density at radius 1 is 1.11 bits per heavy atom. The van der Waals surface area contributed by atoms with Crippen LogP contribution in [-0.4, -0.2) is 35.9 Å². The number of esters is 2. The Morgan fingerprint density at radius 2 is 1.86 bits per heavy atom. The van der Waals surface area contributed by atoms with Gasteiger partial charge in [0, 0.05) is 30.7 Å². The quantitative estimate of drug-likeness (QED) is 0.674. The van der Waals surface area contributed by atoms with Gasteiger partial charge in [0.15, 0.2) is 0 Å². The van der Waals surface area contributed by atoms with Gasteiger partial charge in [0.25, 0.3) is 0 Å². The molecule has 1 aliphatic rings. The fraction of sp³-hybridized carbons (Fsp3) is 0.150. The van der Waals surface area contributed by atoms with Crippen LogP contribution in [0.2, 0.25) is 0 Å². The number of aryl methyl sites for hydroxylation is 1. The monoisotopic (exact) mass is 443 g/mol. The number of rotatable bonds is 4. The number of allylic oxidation sites excluding steroid dienone is 2. The third-order valence-corrected chi connectivity index (χ3v) is 4.65. The maximum absolute atomic E-state index is 12.5. The summed E-state index contributed by atoms with van der Waals surface area (Å²) in [6.07, 6.45) is 8.45. The lowest BCUT2D eigenvalue weighted by Gasteiger charge is -2.23. The Bertz CT molecular complexity index is 1020. The van der Waals surface area contributed by atoms with E-state index in [-0.39, 0.29) is 11.3 Å². The third kappa shape index (κ3) is 3.77. The summed E-state index contributed by atoms with van der Waals surface area (Å²) < 4.78 is 12.3. The fourth-order valence-corrected chi connectivity index (χ4v) is 3.43. The highest BCUT2D eigenvalue weighted by Gasteiger charge is 2.27. The normalized spacial score (nSPS) is 13.5. The van der Waals surface area contributed by atoms with Gasteiger partial charge in [-0.15, -0.1) is 0 Å². The van der Waals surface area contributed by atoms with Crippen LogP contribution in [0.15, 0.2) is 70.6 Å². The molecule has 0 bridgehead atoms. The number of hydrogen-bond donors (Lipinski definition) is 0. The average molecular weight is 444 g/mol. The van der Waals surface area contributed by atoms with E-state index >= 15 is 0 Å². The smallest absolute Gasteiger partial charge is 0.355 e. The molecule has 28 heavy (non-hydrogen) atoms. The molecule has 0 saturated carbocycles. The lowest BCUT2D eigenvalue weighted by atomic mass is 10.1. The summed E-state index contributed by atoms with van der Waals surface area (Å²) in [5.41, 5.74) is 2.44. The van der Waals surface area contributed by atoms with Gasteiger partial charge in [-0.25, -0.2) is 9.59 Å². The molecule has 7 nitrogen and oxygen atoms in total. The van der Waals surface area contributed by atoms with Gasteiger partial charge in [0.05, 0.1) is 24.3 Å². The molecule has 1 aromatic carbocycles. The number of carbonyl (C=O) groups is 2. The zero-order chi connectivity index (χ0) is 20.3. The van der Waals surface area contributed by atoms with Gasteiger partial charge < -0.3 is 14.4 Å². The Hall–Kier alpha value is -3.13. The van der Waals surface area contributed by atoms with E-state index in [1.165, 1.54) is 20.3 Å². The zero-order valence-corrected chi connectivity index (χ0v) is 17.1. The molecule has 3 rings (SSSR count). The molecule has 1 aliphatic heterocycles. The van der Waals surface area contributed by atoms with Gasteiger partial charge >= 0.3 is 11.9 Å². The summed E-state index contributed by atoms with van der Waals surface area (Å²) in [5.74, 6) is -1.28. The summed E-state index contributed by atoms with van der Waals surface area (Å²) in [4.78, 5) is 26.4. The van der Waals surface area contributed by atoms with Crippen molar-refractivity contribution in [2.24, 2.45) is 7.05 Å². The van der Waals surface area contributed by atoms with Crippen LogP contribution in [0, 0.1) is 0 Å². The van der Waals surface area contributed by atoms with Crippen LogP contribution in [0.1, 0.15) is 0 Å². The predicted octanol–water partition coefficient (Wildman–Crippen LogP) is 3.34. The largest absolute Gasteiger partial charge is 0.465 e. The number of ether oxygens (including phenoxy) is 2. The van der Waals surface area contributed by atoms with Crippen LogP contribution in [-0.2, 0) is 26.1 Å². The van der Waals surface area contributed by atoms with Gasteiger partial charge in [-0.3, -0.25) is 4.68 Å². The van der Waals surface area contributed by atoms with Gasteiger partial charge in [-0.1, -0.05) is 18.2 Å². The van der Waals surface area contributed by atoms with E-state index in [9.17, 15) is 9.59 Å². The van der Waals surface area contributed by atoms with Gasteiger partial charge in [0.2, 0.25) is 0 Å². The summed E-state index contributed by atoms with van der Waals surface area (Å²) in [7, 11) is 4.37. The Kier molecular flexibility index (Phi) is 5.79. The molecular weight excluding hydrogens is 426 g/mol. The summed E-state index contributed by atoms with van der Waals surface area (Å²) in [5, 5.41) is 4.46. The molecule has 0 spiro atoms. The third-order valence-electron chi connectivity index (χ3n) is 4.07. The van der Waals surface area contributed by atoms with E-state index in [1.807, 2.05) is 37.5 Å². The van der Waals surface area contributed by atoms with E-state index in [0.29, 0.717) is 5.69 Å². The van der Waals surface area contributed by atoms with E-state index in [1.54, 1.807) is 27.9 Å². The minimum Gasteiger partial charge on any atom is -0.465 e. The highest BCUT2D eigenvalue weighted by Crippen LogP contribution is 2.32. The highest BCUT2D eigenvalue weighted by molar-refractivity contribution is 9.10. The molecule has 144 valence electrons. The molecule has 0 atom stereocenters. The van der Waals surface area contributed by atoms with Gasteiger partial charge in [-0.2, -0.15) is 5.10 Å². The maximum atomic E-state index is 12.5. The highest BCUT2D eigenvalue weighted by atomic mass is 79.9. The molecular formula is C20H18BrN3O4. The van der Waals surface area contributed by atoms with Crippen molar-refractivity contribution in [3.8, 4) is 11.3 Å². The topological polar surface area (TPSA) is 73.7 Å². The van der Waals surface area contributed by atoms with Crippen LogP contribution in [0.4, 0.5) is 5.69 Å². The van der Waals surface area contributed by atoms with Crippen molar-refractivity contribution in [3.63, 3.8) is 0 Å². The molecule has 2 aromatic rings.